The molecule has 0 atom stereocenters. The van der Waals surface area contributed by atoms with E-state index >= 15 is 0 Å². The first-order valence-corrected chi connectivity index (χ1v) is 8.02. The second-order valence-corrected chi connectivity index (χ2v) is 4.69. The SMILES string of the molecule is CC.CC.c1ccc2c(c1)Cc1cc3ccccc3cc1-2. The van der Waals surface area contributed by atoms with E-state index in [0.717, 1.165) is 6.42 Å². The summed E-state index contributed by atoms with van der Waals surface area (Å²) in [5.74, 6) is 0. The first-order valence-electron chi connectivity index (χ1n) is 8.02. The summed E-state index contributed by atoms with van der Waals surface area (Å²) >= 11 is 0. The standard InChI is InChI=1S/C17H12.2C2H6/c1-2-6-13-11-17-15(9-12(13)5-1)10-14-7-3-4-8-16(14)17;2*1-2/h1-9,11H,10H2;2*1-2H3. The maximum Gasteiger partial charge on any atom is -0.00132 e. The Morgan fingerprint density at radius 3 is 1.86 bits per heavy atom. The van der Waals surface area contributed by atoms with Crippen LogP contribution in [0.1, 0.15) is 38.8 Å². The Morgan fingerprint density at radius 1 is 0.571 bits per heavy atom. The van der Waals surface area contributed by atoms with Crippen LogP contribution in [0.4, 0.5) is 0 Å². The molecule has 0 saturated carbocycles. The summed E-state index contributed by atoms with van der Waals surface area (Å²) in [6.07, 6.45) is 1.08. The van der Waals surface area contributed by atoms with Crippen molar-refractivity contribution in [1.82, 2.24) is 0 Å². The summed E-state index contributed by atoms with van der Waals surface area (Å²) in [6, 6.07) is 22.0. The predicted octanol–water partition coefficient (Wildman–Crippen LogP) is 6.46. The molecule has 0 fully saturated rings. The van der Waals surface area contributed by atoms with E-state index in [0.29, 0.717) is 0 Å². The highest BCUT2D eigenvalue weighted by Crippen LogP contribution is 2.38. The molecule has 21 heavy (non-hydrogen) atoms. The van der Waals surface area contributed by atoms with Crippen LogP contribution in [0.2, 0.25) is 0 Å². The molecule has 4 rings (SSSR count). The lowest BCUT2D eigenvalue weighted by Crippen LogP contribution is -1.81. The topological polar surface area (TPSA) is 0 Å². The minimum Gasteiger partial charge on any atom is -0.0683 e. The van der Waals surface area contributed by atoms with Gasteiger partial charge in [-0.05, 0) is 45.5 Å². The van der Waals surface area contributed by atoms with Crippen LogP contribution in [-0.2, 0) is 6.42 Å². The summed E-state index contributed by atoms with van der Waals surface area (Å²) in [6.45, 7) is 8.00. The average Bonchev–Trinajstić information content (AvgIpc) is 2.94. The minimum atomic E-state index is 1.08. The fourth-order valence-electron chi connectivity index (χ4n) is 2.83. The fraction of sp³-hybridized carbons (Fsp3) is 0.238. The highest BCUT2D eigenvalue weighted by molar-refractivity contribution is 5.91. The molecule has 0 spiro atoms. The summed E-state index contributed by atoms with van der Waals surface area (Å²) in [5, 5.41) is 2.68. The van der Waals surface area contributed by atoms with Crippen LogP contribution >= 0.6 is 0 Å². The van der Waals surface area contributed by atoms with Gasteiger partial charge >= 0.3 is 0 Å². The van der Waals surface area contributed by atoms with E-state index in [4.69, 9.17) is 0 Å². The fourth-order valence-corrected chi connectivity index (χ4v) is 2.83. The van der Waals surface area contributed by atoms with Crippen LogP contribution in [0.3, 0.4) is 0 Å². The Balaban J connectivity index is 0.000000374. The van der Waals surface area contributed by atoms with E-state index in [1.165, 1.54) is 33.0 Å². The highest BCUT2D eigenvalue weighted by atomic mass is 14.2. The van der Waals surface area contributed by atoms with Gasteiger partial charge in [0.1, 0.15) is 0 Å². The third-order valence-electron chi connectivity index (χ3n) is 3.66. The van der Waals surface area contributed by atoms with Gasteiger partial charge in [-0.1, -0.05) is 82.3 Å². The van der Waals surface area contributed by atoms with E-state index in [2.05, 4.69) is 60.7 Å². The molecule has 0 aliphatic heterocycles. The van der Waals surface area contributed by atoms with Crippen LogP contribution in [0.25, 0.3) is 21.9 Å². The zero-order chi connectivity index (χ0) is 15.2. The molecule has 0 radical (unpaired) electrons. The lowest BCUT2D eigenvalue weighted by atomic mass is 10.0. The first kappa shape index (κ1) is 15.3. The van der Waals surface area contributed by atoms with Crippen molar-refractivity contribution in [1.29, 1.82) is 0 Å². The van der Waals surface area contributed by atoms with Crippen molar-refractivity contribution in [3.05, 3.63) is 71.8 Å². The van der Waals surface area contributed by atoms with Gasteiger partial charge in [-0.2, -0.15) is 0 Å². The molecule has 1 aliphatic carbocycles. The lowest BCUT2D eigenvalue weighted by molar-refractivity contribution is 1.27. The van der Waals surface area contributed by atoms with Gasteiger partial charge in [0.25, 0.3) is 0 Å². The largest absolute Gasteiger partial charge is 0.0683 e. The van der Waals surface area contributed by atoms with Crippen molar-refractivity contribution in [2.24, 2.45) is 0 Å². The van der Waals surface area contributed by atoms with Gasteiger partial charge in [-0.3, -0.25) is 0 Å². The van der Waals surface area contributed by atoms with Crippen molar-refractivity contribution in [2.75, 3.05) is 0 Å². The predicted molar refractivity (Wildman–Crippen MR) is 94.9 cm³/mol. The Kier molecular flexibility index (Phi) is 5.16. The highest BCUT2D eigenvalue weighted by Gasteiger charge is 2.17. The monoisotopic (exact) mass is 276 g/mol. The Morgan fingerprint density at radius 2 is 1.14 bits per heavy atom. The number of fused-ring (bicyclic) bond motifs is 4. The molecule has 0 aromatic heterocycles. The number of rotatable bonds is 0. The molecular weight excluding hydrogens is 252 g/mol. The molecule has 0 saturated heterocycles. The maximum atomic E-state index is 2.34. The quantitative estimate of drug-likeness (QED) is 0.345. The molecular formula is C21H24. The van der Waals surface area contributed by atoms with Crippen LogP contribution in [0.5, 0.6) is 0 Å². The number of hydrogen-bond acceptors (Lipinski definition) is 0. The van der Waals surface area contributed by atoms with Gasteiger partial charge in [0.15, 0.2) is 0 Å². The number of benzene rings is 3. The Hall–Kier alpha value is -2.08. The Bertz CT molecular complexity index is 723. The average molecular weight is 276 g/mol. The van der Waals surface area contributed by atoms with Gasteiger partial charge in [-0.15, -0.1) is 0 Å². The molecule has 3 aromatic rings. The van der Waals surface area contributed by atoms with Gasteiger partial charge < -0.3 is 0 Å². The van der Waals surface area contributed by atoms with Crippen LogP contribution in [-0.4, -0.2) is 0 Å². The minimum absolute atomic E-state index is 1.08. The van der Waals surface area contributed by atoms with E-state index in [-0.39, 0.29) is 0 Å². The van der Waals surface area contributed by atoms with E-state index in [1.54, 1.807) is 0 Å². The second kappa shape index (κ2) is 7.08. The van der Waals surface area contributed by atoms with Crippen molar-refractivity contribution in [2.45, 2.75) is 34.1 Å². The van der Waals surface area contributed by atoms with E-state index in [1.807, 2.05) is 27.7 Å². The summed E-state index contributed by atoms with van der Waals surface area (Å²) in [4.78, 5) is 0. The van der Waals surface area contributed by atoms with Gasteiger partial charge in [0, 0.05) is 0 Å². The summed E-state index contributed by atoms with van der Waals surface area (Å²) in [7, 11) is 0. The molecule has 0 amide bonds. The van der Waals surface area contributed by atoms with Gasteiger partial charge in [0.05, 0.1) is 0 Å². The third kappa shape index (κ3) is 2.85. The molecule has 0 heterocycles. The molecule has 0 bridgehead atoms. The number of hydrogen-bond donors (Lipinski definition) is 0. The zero-order valence-corrected chi connectivity index (χ0v) is 13.5. The van der Waals surface area contributed by atoms with Crippen molar-refractivity contribution < 1.29 is 0 Å². The normalized spacial score (nSPS) is 10.7. The second-order valence-electron chi connectivity index (χ2n) is 4.69. The van der Waals surface area contributed by atoms with Crippen LogP contribution in [0, 0.1) is 0 Å². The Labute approximate surface area is 128 Å². The van der Waals surface area contributed by atoms with Gasteiger partial charge in [-0.25, -0.2) is 0 Å². The van der Waals surface area contributed by atoms with Crippen LogP contribution < -0.4 is 0 Å². The molecule has 0 heteroatoms. The summed E-state index contributed by atoms with van der Waals surface area (Å²) in [5.41, 5.74) is 5.75. The molecule has 108 valence electrons. The van der Waals surface area contributed by atoms with Gasteiger partial charge in [0.2, 0.25) is 0 Å². The van der Waals surface area contributed by atoms with Crippen molar-refractivity contribution >= 4 is 10.8 Å². The lowest BCUT2D eigenvalue weighted by Gasteiger charge is -2.03. The molecule has 1 aliphatic rings. The molecule has 3 aromatic carbocycles. The molecule has 0 unspecified atom stereocenters. The summed E-state index contributed by atoms with van der Waals surface area (Å²) < 4.78 is 0. The maximum absolute atomic E-state index is 2.34. The smallest absolute Gasteiger partial charge is 0.00132 e. The molecule has 0 nitrogen and oxygen atoms in total. The van der Waals surface area contributed by atoms with E-state index < -0.39 is 0 Å². The van der Waals surface area contributed by atoms with Crippen molar-refractivity contribution in [3.8, 4) is 11.1 Å². The zero-order valence-electron chi connectivity index (χ0n) is 13.5. The van der Waals surface area contributed by atoms with Crippen molar-refractivity contribution in [3.63, 3.8) is 0 Å². The third-order valence-corrected chi connectivity index (χ3v) is 3.66. The molecule has 0 N–H and O–H groups in total. The first-order chi connectivity index (χ1) is 10.4. The van der Waals surface area contributed by atoms with Crippen LogP contribution in [0.15, 0.2) is 60.7 Å². The van der Waals surface area contributed by atoms with E-state index in [9.17, 15) is 0 Å².